The van der Waals surface area contributed by atoms with E-state index < -0.39 is 0 Å². The van der Waals surface area contributed by atoms with Crippen LogP contribution in [0.4, 0.5) is 4.39 Å². The molecule has 0 radical (unpaired) electrons. The van der Waals surface area contributed by atoms with Gasteiger partial charge in [-0.15, -0.1) is 0 Å². The molecule has 2 aromatic carbocycles. The van der Waals surface area contributed by atoms with Crippen LogP contribution in [-0.4, -0.2) is 15.7 Å². The van der Waals surface area contributed by atoms with Crippen LogP contribution in [0.25, 0.3) is 11.1 Å². The van der Waals surface area contributed by atoms with Crippen molar-refractivity contribution in [1.82, 2.24) is 15.1 Å². The zero-order valence-electron chi connectivity index (χ0n) is 14.5. The minimum atomic E-state index is -0.296. The van der Waals surface area contributed by atoms with Crippen molar-refractivity contribution in [1.29, 1.82) is 0 Å². The first-order chi connectivity index (χ1) is 12.4. The number of aryl methyl sites for hydroxylation is 2. The predicted octanol–water partition coefficient (Wildman–Crippen LogP) is 4.53. The molecule has 0 bridgehead atoms. The zero-order chi connectivity index (χ0) is 18.7. The van der Waals surface area contributed by atoms with Crippen LogP contribution < -0.4 is 5.32 Å². The lowest BCUT2D eigenvalue weighted by Crippen LogP contribution is -2.21. The van der Waals surface area contributed by atoms with E-state index in [1.54, 1.807) is 36.1 Å². The Balaban J connectivity index is 1.74. The van der Waals surface area contributed by atoms with Gasteiger partial charge in [-0.3, -0.25) is 9.48 Å². The van der Waals surface area contributed by atoms with Crippen molar-refractivity contribution in [2.24, 2.45) is 7.05 Å². The average Bonchev–Trinajstić information content (AvgIpc) is 3.04. The number of benzene rings is 2. The van der Waals surface area contributed by atoms with Gasteiger partial charge >= 0.3 is 0 Å². The highest BCUT2D eigenvalue weighted by Crippen LogP contribution is 2.31. The second kappa shape index (κ2) is 7.58. The number of rotatable bonds is 5. The molecule has 0 saturated heterocycles. The van der Waals surface area contributed by atoms with E-state index in [1.165, 1.54) is 23.9 Å². The molecule has 1 heterocycles. The molecule has 6 heteroatoms. The first-order valence-corrected chi connectivity index (χ1v) is 8.78. The fourth-order valence-corrected chi connectivity index (χ4v) is 3.24. The molecule has 132 valence electrons. The Hall–Kier alpha value is -2.86. The van der Waals surface area contributed by atoms with Gasteiger partial charge < -0.3 is 5.32 Å². The smallest absolute Gasteiger partial charge is 0.276 e. The summed E-state index contributed by atoms with van der Waals surface area (Å²) in [4.78, 5) is 13.1. The summed E-state index contributed by atoms with van der Waals surface area (Å²) in [5, 5.41) is 7.34. The van der Waals surface area contributed by atoms with Crippen molar-refractivity contribution in [3.05, 3.63) is 83.4 Å². The number of halogens is 1. The number of amides is 1. The second-order valence-corrected chi connectivity index (χ2v) is 6.98. The SMILES string of the molecule is C=C(NC(=O)c1ccn(C)n1)Sc1cc(-c2ccc(F)cc2)ccc1C. The molecule has 4 nitrogen and oxygen atoms in total. The number of nitrogens with zero attached hydrogens (tertiary/aromatic N) is 2. The van der Waals surface area contributed by atoms with E-state index in [1.807, 2.05) is 25.1 Å². The van der Waals surface area contributed by atoms with Crippen LogP contribution in [0, 0.1) is 12.7 Å². The molecule has 0 spiro atoms. The quantitative estimate of drug-likeness (QED) is 0.674. The maximum absolute atomic E-state index is 13.1. The second-order valence-electron chi connectivity index (χ2n) is 5.84. The van der Waals surface area contributed by atoms with Crippen LogP contribution in [0.1, 0.15) is 16.1 Å². The van der Waals surface area contributed by atoms with Gasteiger partial charge in [0.15, 0.2) is 5.69 Å². The van der Waals surface area contributed by atoms with Gasteiger partial charge in [0.1, 0.15) is 5.82 Å². The molecule has 26 heavy (non-hydrogen) atoms. The fourth-order valence-electron chi connectivity index (χ4n) is 2.42. The molecule has 0 saturated carbocycles. The van der Waals surface area contributed by atoms with Crippen LogP contribution >= 0.6 is 11.8 Å². The summed E-state index contributed by atoms with van der Waals surface area (Å²) in [6.45, 7) is 5.91. The van der Waals surface area contributed by atoms with Gasteiger partial charge in [-0.2, -0.15) is 5.10 Å². The molecule has 3 aromatic rings. The van der Waals surface area contributed by atoms with Crippen molar-refractivity contribution >= 4 is 17.7 Å². The highest BCUT2D eigenvalue weighted by Gasteiger charge is 2.12. The van der Waals surface area contributed by atoms with Gasteiger partial charge in [0.05, 0.1) is 5.03 Å². The van der Waals surface area contributed by atoms with Crippen LogP contribution in [0.2, 0.25) is 0 Å². The third-order valence-corrected chi connectivity index (χ3v) is 4.81. The fraction of sp³-hybridized carbons (Fsp3) is 0.100. The Morgan fingerprint density at radius 3 is 2.50 bits per heavy atom. The number of carbonyl (C=O) groups is 1. The maximum Gasteiger partial charge on any atom is 0.276 e. The molecule has 1 N–H and O–H groups in total. The normalized spacial score (nSPS) is 10.6. The number of nitrogens with one attached hydrogen (secondary N) is 1. The van der Waals surface area contributed by atoms with E-state index in [9.17, 15) is 9.18 Å². The van der Waals surface area contributed by atoms with E-state index in [-0.39, 0.29) is 11.7 Å². The third-order valence-electron chi connectivity index (χ3n) is 3.80. The van der Waals surface area contributed by atoms with Crippen LogP contribution in [0.5, 0.6) is 0 Å². The summed E-state index contributed by atoms with van der Waals surface area (Å²) in [6, 6.07) is 14.0. The lowest BCUT2D eigenvalue weighted by molar-refractivity contribution is 0.0963. The van der Waals surface area contributed by atoms with E-state index in [0.29, 0.717) is 10.7 Å². The molecule has 0 atom stereocenters. The topological polar surface area (TPSA) is 46.9 Å². The Morgan fingerprint density at radius 1 is 1.15 bits per heavy atom. The summed E-state index contributed by atoms with van der Waals surface area (Å²) in [7, 11) is 1.75. The number of aromatic nitrogens is 2. The number of hydrogen-bond donors (Lipinski definition) is 1. The highest BCUT2D eigenvalue weighted by molar-refractivity contribution is 8.03. The Labute approximate surface area is 155 Å². The van der Waals surface area contributed by atoms with Crippen LogP contribution in [0.15, 0.2) is 71.2 Å². The minimum Gasteiger partial charge on any atom is -0.315 e. The van der Waals surface area contributed by atoms with E-state index in [2.05, 4.69) is 17.0 Å². The molecular weight excluding hydrogens is 349 g/mol. The monoisotopic (exact) mass is 367 g/mol. The van der Waals surface area contributed by atoms with Crippen LogP contribution in [-0.2, 0) is 7.05 Å². The average molecular weight is 367 g/mol. The molecule has 1 aromatic heterocycles. The van der Waals surface area contributed by atoms with Crippen LogP contribution in [0.3, 0.4) is 0 Å². The van der Waals surface area contributed by atoms with Gasteiger partial charge in [-0.25, -0.2) is 4.39 Å². The summed E-state index contributed by atoms with van der Waals surface area (Å²) < 4.78 is 14.7. The summed E-state index contributed by atoms with van der Waals surface area (Å²) >= 11 is 1.38. The van der Waals surface area contributed by atoms with Gasteiger partial charge in [0.25, 0.3) is 5.91 Å². The molecular formula is C20H18FN3OS. The van der Waals surface area contributed by atoms with E-state index in [4.69, 9.17) is 0 Å². The predicted molar refractivity (Wildman–Crippen MR) is 102 cm³/mol. The highest BCUT2D eigenvalue weighted by atomic mass is 32.2. The van der Waals surface area contributed by atoms with Gasteiger partial charge in [0, 0.05) is 18.1 Å². The molecule has 0 aliphatic carbocycles. The third kappa shape index (κ3) is 4.21. The van der Waals surface area contributed by atoms with Crippen molar-refractivity contribution in [3.8, 4) is 11.1 Å². The largest absolute Gasteiger partial charge is 0.315 e. The zero-order valence-corrected chi connectivity index (χ0v) is 15.3. The number of thioether (sulfide) groups is 1. The molecule has 0 aliphatic heterocycles. The summed E-state index contributed by atoms with van der Waals surface area (Å²) in [5.74, 6) is -0.559. The molecule has 0 aliphatic rings. The van der Waals surface area contributed by atoms with Gasteiger partial charge in [-0.05, 0) is 47.9 Å². The molecule has 0 unspecified atom stereocenters. The molecule has 0 fully saturated rings. The summed E-state index contributed by atoms with van der Waals surface area (Å²) in [5.41, 5.74) is 3.30. The number of hydrogen-bond acceptors (Lipinski definition) is 3. The Kier molecular flexibility index (Phi) is 5.23. The molecule has 1 amide bonds. The van der Waals surface area contributed by atoms with Gasteiger partial charge in [-0.1, -0.05) is 42.6 Å². The van der Waals surface area contributed by atoms with E-state index >= 15 is 0 Å². The lowest BCUT2D eigenvalue weighted by atomic mass is 10.0. The lowest BCUT2D eigenvalue weighted by Gasteiger charge is -2.11. The number of carbonyl (C=O) groups excluding carboxylic acids is 1. The standard InChI is InChI=1S/C20H18FN3OS/c1-13-4-5-16(15-6-8-17(21)9-7-15)12-19(13)26-14(2)22-20(25)18-10-11-24(3)23-18/h4-12H,2H2,1,3H3,(H,22,25). The maximum atomic E-state index is 13.1. The van der Waals surface area contributed by atoms with Crippen molar-refractivity contribution < 1.29 is 9.18 Å². The minimum absolute atomic E-state index is 0.263. The Bertz CT molecular complexity index is 963. The first-order valence-electron chi connectivity index (χ1n) is 7.97. The Morgan fingerprint density at radius 2 is 1.85 bits per heavy atom. The first kappa shape index (κ1) is 17.9. The van der Waals surface area contributed by atoms with Crippen molar-refractivity contribution in [3.63, 3.8) is 0 Å². The van der Waals surface area contributed by atoms with E-state index in [0.717, 1.165) is 21.6 Å². The van der Waals surface area contributed by atoms with Crippen molar-refractivity contribution in [2.75, 3.05) is 0 Å². The van der Waals surface area contributed by atoms with Crippen molar-refractivity contribution in [2.45, 2.75) is 11.8 Å². The molecule has 3 rings (SSSR count). The van der Waals surface area contributed by atoms with Gasteiger partial charge in [0.2, 0.25) is 0 Å². The summed E-state index contributed by atoms with van der Waals surface area (Å²) in [6.07, 6.45) is 1.71.